The number of hydrogen-bond acceptors (Lipinski definition) is 1. The lowest BCUT2D eigenvalue weighted by molar-refractivity contribution is 0.760. The number of aromatic nitrogens is 3. The molecule has 2 heterocycles. The van der Waals surface area contributed by atoms with Crippen molar-refractivity contribution in [1.29, 1.82) is 0 Å². The Bertz CT molecular complexity index is 1030. The smallest absolute Gasteiger partial charge is 0.0949 e. The van der Waals surface area contributed by atoms with Crippen molar-refractivity contribution in [2.75, 3.05) is 0 Å². The number of imidazole rings is 1. The van der Waals surface area contributed by atoms with Crippen LogP contribution < -0.4 is 0 Å². The summed E-state index contributed by atoms with van der Waals surface area (Å²) in [6.45, 7) is 3.68. The van der Waals surface area contributed by atoms with Crippen molar-refractivity contribution in [3.63, 3.8) is 0 Å². The second-order valence-electron chi connectivity index (χ2n) is 6.14. The predicted molar refractivity (Wildman–Crippen MR) is 104 cm³/mol. The van der Waals surface area contributed by atoms with Gasteiger partial charge < -0.3 is 9.13 Å². The third kappa shape index (κ3) is 3.06. The summed E-state index contributed by atoms with van der Waals surface area (Å²) in [5.41, 5.74) is 4.81. The molecule has 0 N–H and O–H groups in total. The van der Waals surface area contributed by atoms with Crippen LogP contribution in [0.4, 0.5) is 0 Å². The molecule has 4 rings (SSSR count). The van der Waals surface area contributed by atoms with Crippen LogP contribution >= 0.6 is 23.2 Å². The van der Waals surface area contributed by atoms with Gasteiger partial charge in [-0.3, -0.25) is 0 Å². The van der Waals surface area contributed by atoms with Crippen LogP contribution in [0.2, 0.25) is 10.0 Å². The topological polar surface area (TPSA) is 22.8 Å². The molecule has 0 saturated heterocycles. The molecule has 0 aliphatic heterocycles. The highest BCUT2D eigenvalue weighted by Crippen LogP contribution is 2.29. The Morgan fingerprint density at radius 1 is 1.04 bits per heavy atom. The van der Waals surface area contributed by atoms with Crippen molar-refractivity contribution in [3.8, 4) is 0 Å². The van der Waals surface area contributed by atoms with E-state index in [1.54, 1.807) is 6.07 Å². The van der Waals surface area contributed by atoms with Crippen LogP contribution in [0.5, 0.6) is 0 Å². The average Bonchev–Trinajstić information content (AvgIpc) is 3.20. The molecule has 0 spiro atoms. The number of nitrogens with zero attached hydrogens (tertiary/aromatic N) is 3. The molecule has 0 amide bonds. The molecule has 0 fully saturated rings. The number of para-hydroxylation sites is 1. The standard InChI is InChI=1S/C20H17Cl2N3/c1-14-18(12-24-9-8-23-13-24)17-4-2-3-5-20(17)25(14)11-15-6-7-16(21)10-19(15)22/h2-10,13H,11-12H2,1H3. The second-order valence-corrected chi connectivity index (χ2v) is 6.98. The van der Waals surface area contributed by atoms with Gasteiger partial charge in [-0.05, 0) is 30.7 Å². The first kappa shape index (κ1) is 16.2. The van der Waals surface area contributed by atoms with Crippen LogP contribution in [0.1, 0.15) is 16.8 Å². The molecule has 2 aromatic heterocycles. The summed E-state index contributed by atoms with van der Waals surface area (Å²) >= 11 is 12.4. The van der Waals surface area contributed by atoms with E-state index in [2.05, 4.69) is 45.3 Å². The summed E-state index contributed by atoms with van der Waals surface area (Å²) in [6.07, 6.45) is 5.64. The molecule has 2 aromatic carbocycles. The van der Waals surface area contributed by atoms with Crippen LogP contribution in [0.3, 0.4) is 0 Å². The molecular weight excluding hydrogens is 353 g/mol. The number of hydrogen-bond donors (Lipinski definition) is 0. The summed E-state index contributed by atoms with van der Waals surface area (Å²) in [5.74, 6) is 0. The highest BCUT2D eigenvalue weighted by Gasteiger charge is 2.15. The lowest BCUT2D eigenvalue weighted by atomic mass is 10.1. The first-order chi connectivity index (χ1) is 12.1. The van der Waals surface area contributed by atoms with E-state index in [-0.39, 0.29) is 0 Å². The molecule has 0 aliphatic carbocycles. The fraction of sp³-hybridized carbons (Fsp3) is 0.150. The van der Waals surface area contributed by atoms with Gasteiger partial charge in [-0.25, -0.2) is 4.98 Å². The minimum Gasteiger partial charge on any atom is -0.340 e. The molecule has 4 aromatic rings. The van der Waals surface area contributed by atoms with E-state index in [0.717, 1.165) is 12.1 Å². The van der Waals surface area contributed by atoms with E-state index in [0.29, 0.717) is 16.6 Å². The fourth-order valence-electron chi connectivity index (χ4n) is 3.29. The maximum Gasteiger partial charge on any atom is 0.0949 e. The summed E-state index contributed by atoms with van der Waals surface area (Å²) < 4.78 is 4.41. The Morgan fingerprint density at radius 2 is 1.88 bits per heavy atom. The van der Waals surface area contributed by atoms with Crippen molar-refractivity contribution in [3.05, 3.63) is 88.1 Å². The van der Waals surface area contributed by atoms with Gasteiger partial charge in [0, 0.05) is 51.1 Å². The van der Waals surface area contributed by atoms with Crippen molar-refractivity contribution in [2.24, 2.45) is 0 Å². The molecule has 3 nitrogen and oxygen atoms in total. The van der Waals surface area contributed by atoms with Gasteiger partial charge in [-0.2, -0.15) is 0 Å². The van der Waals surface area contributed by atoms with E-state index >= 15 is 0 Å². The maximum atomic E-state index is 6.39. The zero-order valence-corrected chi connectivity index (χ0v) is 15.3. The molecule has 0 unspecified atom stereocenters. The molecular formula is C20H17Cl2N3. The second kappa shape index (κ2) is 6.58. The minimum atomic E-state index is 0.656. The zero-order valence-electron chi connectivity index (χ0n) is 13.8. The monoisotopic (exact) mass is 369 g/mol. The third-order valence-electron chi connectivity index (χ3n) is 4.61. The van der Waals surface area contributed by atoms with E-state index in [4.69, 9.17) is 23.2 Å². The first-order valence-electron chi connectivity index (χ1n) is 8.10. The number of benzene rings is 2. The summed E-state index contributed by atoms with van der Waals surface area (Å²) in [6, 6.07) is 14.2. The normalized spacial score (nSPS) is 11.3. The van der Waals surface area contributed by atoms with Crippen LogP contribution in [0, 0.1) is 6.92 Å². The lowest BCUT2D eigenvalue weighted by Gasteiger charge is -2.11. The van der Waals surface area contributed by atoms with E-state index in [9.17, 15) is 0 Å². The van der Waals surface area contributed by atoms with Crippen molar-refractivity contribution in [2.45, 2.75) is 20.0 Å². The van der Waals surface area contributed by atoms with Crippen LogP contribution in [0.25, 0.3) is 10.9 Å². The number of rotatable bonds is 4. The van der Waals surface area contributed by atoms with Gasteiger partial charge in [0.1, 0.15) is 0 Å². The maximum absolute atomic E-state index is 6.39. The predicted octanol–water partition coefficient (Wildman–Crippen LogP) is 5.55. The van der Waals surface area contributed by atoms with Crippen molar-refractivity contribution >= 4 is 34.1 Å². The molecule has 5 heteroatoms. The first-order valence-corrected chi connectivity index (χ1v) is 8.85. The van der Waals surface area contributed by atoms with Crippen LogP contribution in [-0.2, 0) is 13.1 Å². The van der Waals surface area contributed by atoms with Gasteiger partial charge in [-0.1, -0.05) is 47.5 Å². The van der Waals surface area contributed by atoms with Gasteiger partial charge in [0.05, 0.1) is 12.9 Å². The van der Waals surface area contributed by atoms with Gasteiger partial charge in [-0.15, -0.1) is 0 Å². The molecule has 126 valence electrons. The Kier molecular flexibility index (Phi) is 4.28. The van der Waals surface area contributed by atoms with Gasteiger partial charge >= 0.3 is 0 Å². The SMILES string of the molecule is Cc1c(Cn2ccnc2)c2ccccc2n1Cc1ccc(Cl)cc1Cl. The molecule has 0 saturated carbocycles. The van der Waals surface area contributed by atoms with Gasteiger partial charge in [0.15, 0.2) is 0 Å². The van der Waals surface area contributed by atoms with Crippen LogP contribution in [-0.4, -0.2) is 14.1 Å². The zero-order chi connectivity index (χ0) is 17.4. The van der Waals surface area contributed by atoms with E-state index in [1.165, 1.54) is 22.2 Å². The van der Waals surface area contributed by atoms with Gasteiger partial charge in [0.25, 0.3) is 0 Å². The molecule has 0 radical (unpaired) electrons. The number of halogens is 2. The van der Waals surface area contributed by atoms with Crippen LogP contribution in [0.15, 0.2) is 61.2 Å². The van der Waals surface area contributed by atoms with E-state index in [1.807, 2.05) is 30.9 Å². The fourth-order valence-corrected chi connectivity index (χ4v) is 3.76. The molecule has 0 aliphatic rings. The van der Waals surface area contributed by atoms with Gasteiger partial charge in [0.2, 0.25) is 0 Å². The molecule has 0 bridgehead atoms. The van der Waals surface area contributed by atoms with Crippen molar-refractivity contribution in [1.82, 2.24) is 14.1 Å². The largest absolute Gasteiger partial charge is 0.340 e. The Balaban J connectivity index is 1.82. The highest BCUT2D eigenvalue weighted by molar-refractivity contribution is 6.35. The summed E-state index contributed by atoms with van der Waals surface area (Å²) in [5, 5.41) is 2.61. The highest BCUT2D eigenvalue weighted by atomic mass is 35.5. The minimum absolute atomic E-state index is 0.656. The number of fused-ring (bicyclic) bond motifs is 1. The van der Waals surface area contributed by atoms with Crippen molar-refractivity contribution < 1.29 is 0 Å². The third-order valence-corrected chi connectivity index (χ3v) is 5.19. The Morgan fingerprint density at radius 3 is 2.64 bits per heavy atom. The summed E-state index contributed by atoms with van der Waals surface area (Å²) in [4.78, 5) is 4.15. The molecule has 25 heavy (non-hydrogen) atoms. The average molecular weight is 370 g/mol. The summed E-state index contributed by atoms with van der Waals surface area (Å²) in [7, 11) is 0. The molecule has 0 atom stereocenters. The Labute approximate surface area is 156 Å². The Hall–Kier alpha value is -2.23. The quantitative estimate of drug-likeness (QED) is 0.462. The lowest BCUT2D eigenvalue weighted by Crippen LogP contribution is -2.04. The van der Waals surface area contributed by atoms with E-state index < -0.39 is 0 Å².